The van der Waals surface area contributed by atoms with Crippen LogP contribution in [0.5, 0.6) is 0 Å². The molecule has 0 saturated carbocycles. The Bertz CT molecular complexity index is 1110. The molecule has 0 heterocycles. The van der Waals surface area contributed by atoms with Crippen molar-refractivity contribution < 1.29 is 23.2 Å². The van der Waals surface area contributed by atoms with Crippen LogP contribution in [0.15, 0.2) is 65.1 Å². The van der Waals surface area contributed by atoms with Gasteiger partial charge in [-0.05, 0) is 42.0 Å². The molecular formula is C25H32BrN3O5S. The Morgan fingerprint density at radius 3 is 2.20 bits per heavy atom. The van der Waals surface area contributed by atoms with Gasteiger partial charge >= 0.3 is 0 Å². The molecule has 2 atom stereocenters. The maximum atomic E-state index is 13.4. The summed E-state index contributed by atoms with van der Waals surface area (Å²) < 4.78 is 26.6. The number of amides is 2. The lowest BCUT2D eigenvalue weighted by Gasteiger charge is -2.28. The molecule has 0 saturated heterocycles. The quantitative estimate of drug-likeness (QED) is 0.264. The van der Waals surface area contributed by atoms with E-state index in [0.29, 0.717) is 12.0 Å². The van der Waals surface area contributed by atoms with E-state index < -0.39 is 33.7 Å². The zero-order valence-electron chi connectivity index (χ0n) is 20.0. The maximum Gasteiger partial charge on any atom is 0.247 e. The number of carbonyl (C=O) groups excluding carboxylic acids is 2. The van der Waals surface area contributed by atoms with E-state index >= 15 is 0 Å². The molecule has 190 valence electrons. The Morgan fingerprint density at radius 1 is 1.03 bits per heavy atom. The fraction of sp³-hybridized carbons (Fsp3) is 0.360. The van der Waals surface area contributed by atoms with Crippen LogP contribution in [0.4, 0.5) is 0 Å². The summed E-state index contributed by atoms with van der Waals surface area (Å²) in [6.45, 7) is 3.74. The second kappa shape index (κ2) is 13.5. The Morgan fingerprint density at radius 2 is 1.66 bits per heavy atom. The number of nitrogens with zero attached hydrogens (tertiary/aromatic N) is 1. The van der Waals surface area contributed by atoms with Crippen molar-refractivity contribution in [3.63, 3.8) is 0 Å². The number of carbonyl (C=O) groups is 2. The molecule has 0 radical (unpaired) electrons. The van der Waals surface area contributed by atoms with Gasteiger partial charge in [-0.15, -0.1) is 4.41 Å². The minimum atomic E-state index is -3.81. The smallest absolute Gasteiger partial charge is 0.247 e. The van der Waals surface area contributed by atoms with Crippen LogP contribution in [-0.4, -0.2) is 36.1 Å². The highest BCUT2D eigenvalue weighted by atomic mass is 79.9. The molecule has 0 fully saturated rings. The Hall–Kier alpha value is -2.53. The highest BCUT2D eigenvalue weighted by Crippen LogP contribution is 2.26. The van der Waals surface area contributed by atoms with Crippen molar-refractivity contribution in [1.82, 2.24) is 15.3 Å². The molecular weight excluding hydrogens is 534 g/mol. The highest BCUT2D eigenvalue weighted by molar-refractivity contribution is 9.10. The van der Waals surface area contributed by atoms with E-state index in [1.807, 2.05) is 50.3 Å². The van der Waals surface area contributed by atoms with E-state index in [2.05, 4.69) is 21.4 Å². The first-order chi connectivity index (χ1) is 16.5. The average Bonchev–Trinajstić information content (AvgIpc) is 2.81. The van der Waals surface area contributed by atoms with Gasteiger partial charge in [-0.3, -0.25) is 20.2 Å². The number of sulfonamides is 1. The Balaban J connectivity index is 2.28. The number of hydrogen-bond acceptors (Lipinski definition) is 5. The molecule has 0 spiro atoms. The van der Waals surface area contributed by atoms with Gasteiger partial charge in [0.2, 0.25) is 21.8 Å². The topological polar surface area (TPSA) is 116 Å². The second-order valence-electron chi connectivity index (χ2n) is 8.74. The van der Waals surface area contributed by atoms with Crippen molar-refractivity contribution in [3.8, 4) is 0 Å². The fourth-order valence-electron chi connectivity index (χ4n) is 3.61. The molecule has 0 aliphatic rings. The van der Waals surface area contributed by atoms with E-state index in [-0.39, 0.29) is 18.9 Å². The molecule has 0 bridgehead atoms. The molecule has 10 heteroatoms. The van der Waals surface area contributed by atoms with Crippen LogP contribution in [0.25, 0.3) is 6.08 Å². The predicted octanol–water partition coefficient (Wildman–Crippen LogP) is 4.13. The second-order valence-corrected chi connectivity index (χ2v) is 11.6. The van der Waals surface area contributed by atoms with E-state index in [1.54, 1.807) is 35.8 Å². The van der Waals surface area contributed by atoms with Crippen LogP contribution >= 0.6 is 15.9 Å². The average molecular weight is 567 g/mol. The van der Waals surface area contributed by atoms with Gasteiger partial charge in [-0.25, -0.2) is 13.9 Å². The lowest BCUT2D eigenvalue weighted by Crippen LogP contribution is -2.50. The van der Waals surface area contributed by atoms with Gasteiger partial charge in [-0.2, -0.15) is 0 Å². The SMILES string of the molecule is CC(C)C[C@@H](C(=O)NN(Cc1ccc(Br)cc1)S(C)(=O)=O)[C@H](CC=Cc1ccccc1)C(=O)NO. The monoisotopic (exact) mass is 565 g/mol. The Kier molecular flexibility index (Phi) is 11.1. The Labute approximate surface area is 215 Å². The first-order valence-corrected chi connectivity index (χ1v) is 13.8. The van der Waals surface area contributed by atoms with Gasteiger partial charge in [0.25, 0.3) is 0 Å². The molecule has 2 amide bonds. The van der Waals surface area contributed by atoms with Gasteiger partial charge < -0.3 is 0 Å². The van der Waals surface area contributed by atoms with Gasteiger partial charge in [0.15, 0.2) is 0 Å². The number of hydrazine groups is 1. The van der Waals surface area contributed by atoms with Crippen LogP contribution in [-0.2, 0) is 26.2 Å². The normalized spacial score (nSPS) is 13.7. The minimum absolute atomic E-state index is 0.0380. The highest BCUT2D eigenvalue weighted by Gasteiger charge is 2.35. The van der Waals surface area contributed by atoms with Crippen LogP contribution in [0, 0.1) is 17.8 Å². The van der Waals surface area contributed by atoms with E-state index in [9.17, 15) is 23.2 Å². The van der Waals surface area contributed by atoms with Gasteiger partial charge in [-0.1, -0.05) is 84.4 Å². The van der Waals surface area contributed by atoms with E-state index in [1.165, 1.54) is 0 Å². The summed E-state index contributed by atoms with van der Waals surface area (Å²) in [6.07, 6.45) is 5.10. The molecule has 8 nitrogen and oxygen atoms in total. The standard InChI is InChI=1S/C25H32BrN3O5S/c1-18(2)16-23(22(25(31)28-32)11-7-10-19-8-5-4-6-9-19)24(30)27-29(35(3,33)34)17-20-12-14-21(26)15-13-20/h4-10,12-15,18,22-23,32H,11,16-17H2,1-3H3,(H,27,30)(H,28,31)/t22-,23+/m0/s1. The lowest BCUT2D eigenvalue weighted by molar-refractivity contribution is -0.142. The molecule has 0 aliphatic heterocycles. The number of hydrogen-bond donors (Lipinski definition) is 3. The first-order valence-electron chi connectivity index (χ1n) is 11.2. The largest absolute Gasteiger partial charge is 0.289 e. The number of nitrogens with one attached hydrogen (secondary N) is 2. The first kappa shape index (κ1) is 28.7. The van der Waals surface area contributed by atoms with Gasteiger partial charge in [0.05, 0.1) is 24.6 Å². The summed E-state index contributed by atoms with van der Waals surface area (Å²) in [5, 5.41) is 9.35. The summed E-state index contributed by atoms with van der Waals surface area (Å²) >= 11 is 3.34. The third-order valence-electron chi connectivity index (χ3n) is 5.37. The van der Waals surface area contributed by atoms with Crippen molar-refractivity contribution in [1.29, 1.82) is 0 Å². The van der Waals surface area contributed by atoms with Crippen molar-refractivity contribution in [2.24, 2.45) is 17.8 Å². The number of benzene rings is 2. The number of hydroxylamine groups is 1. The van der Waals surface area contributed by atoms with E-state index in [4.69, 9.17) is 0 Å². The lowest BCUT2D eigenvalue weighted by atomic mass is 9.82. The van der Waals surface area contributed by atoms with E-state index in [0.717, 1.165) is 20.7 Å². The third-order valence-corrected chi connectivity index (χ3v) is 6.92. The fourth-order valence-corrected chi connectivity index (χ4v) is 4.52. The summed E-state index contributed by atoms with van der Waals surface area (Å²) in [6, 6.07) is 16.5. The number of halogens is 1. The van der Waals surface area contributed by atoms with Crippen molar-refractivity contribution in [2.75, 3.05) is 6.26 Å². The zero-order chi connectivity index (χ0) is 26.0. The number of allylic oxidation sites excluding steroid dienone is 1. The van der Waals surface area contributed by atoms with Crippen LogP contribution in [0.3, 0.4) is 0 Å². The van der Waals surface area contributed by atoms with Crippen molar-refractivity contribution in [2.45, 2.75) is 33.2 Å². The third kappa shape index (κ3) is 9.56. The molecule has 35 heavy (non-hydrogen) atoms. The van der Waals surface area contributed by atoms with Crippen LogP contribution in [0.2, 0.25) is 0 Å². The summed E-state index contributed by atoms with van der Waals surface area (Å²) in [4.78, 5) is 25.9. The van der Waals surface area contributed by atoms with Crippen molar-refractivity contribution >= 4 is 43.8 Å². The molecule has 0 aliphatic carbocycles. The summed E-state index contributed by atoms with van der Waals surface area (Å²) in [5.74, 6) is -3.06. The molecule has 2 rings (SSSR count). The summed E-state index contributed by atoms with van der Waals surface area (Å²) in [7, 11) is -3.81. The zero-order valence-corrected chi connectivity index (χ0v) is 22.4. The van der Waals surface area contributed by atoms with Crippen LogP contribution in [0.1, 0.15) is 37.8 Å². The van der Waals surface area contributed by atoms with Gasteiger partial charge in [0, 0.05) is 4.47 Å². The van der Waals surface area contributed by atoms with Crippen LogP contribution < -0.4 is 10.9 Å². The van der Waals surface area contributed by atoms with Gasteiger partial charge in [0.1, 0.15) is 0 Å². The molecule has 3 N–H and O–H groups in total. The summed E-state index contributed by atoms with van der Waals surface area (Å²) in [5.41, 5.74) is 5.77. The van der Waals surface area contributed by atoms with Crippen molar-refractivity contribution in [3.05, 3.63) is 76.3 Å². The maximum absolute atomic E-state index is 13.4. The predicted molar refractivity (Wildman–Crippen MR) is 139 cm³/mol. The molecule has 2 aromatic carbocycles. The number of rotatable bonds is 12. The molecule has 0 aromatic heterocycles. The molecule has 2 aromatic rings. The minimum Gasteiger partial charge on any atom is -0.289 e. The molecule has 0 unspecified atom stereocenters.